The van der Waals surface area contributed by atoms with Gasteiger partial charge in [-0.25, -0.2) is 9.18 Å². The lowest BCUT2D eigenvalue weighted by Crippen LogP contribution is -2.38. The molecule has 0 fully saturated rings. The van der Waals surface area contributed by atoms with Gasteiger partial charge < -0.3 is 15.4 Å². The second-order valence-electron chi connectivity index (χ2n) is 6.18. The lowest BCUT2D eigenvalue weighted by Gasteiger charge is -2.19. The van der Waals surface area contributed by atoms with Gasteiger partial charge in [-0.1, -0.05) is 6.07 Å². The first-order chi connectivity index (χ1) is 12.1. The van der Waals surface area contributed by atoms with Crippen LogP contribution in [0.1, 0.15) is 35.6 Å². The number of fused-ring (bicyclic) bond motifs is 1. The van der Waals surface area contributed by atoms with Gasteiger partial charge in [0.05, 0.1) is 12.6 Å². The second-order valence-corrected chi connectivity index (χ2v) is 6.18. The van der Waals surface area contributed by atoms with Crippen LogP contribution in [0.15, 0.2) is 36.7 Å². The third-order valence-electron chi connectivity index (χ3n) is 4.37. The van der Waals surface area contributed by atoms with Gasteiger partial charge in [0.15, 0.2) is 0 Å². The van der Waals surface area contributed by atoms with E-state index in [-0.39, 0.29) is 17.9 Å². The van der Waals surface area contributed by atoms with Crippen molar-refractivity contribution < 1.29 is 13.9 Å². The fourth-order valence-corrected chi connectivity index (χ4v) is 3.00. The summed E-state index contributed by atoms with van der Waals surface area (Å²) in [6, 6.07) is 6.00. The van der Waals surface area contributed by atoms with E-state index in [1.165, 1.54) is 17.7 Å². The van der Waals surface area contributed by atoms with E-state index in [1.54, 1.807) is 12.3 Å². The molecule has 1 aromatic carbocycles. The number of amides is 2. The highest BCUT2D eigenvalue weighted by Gasteiger charge is 2.21. The number of nitrogens with zero attached hydrogens (tertiary/aromatic N) is 1. The van der Waals surface area contributed by atoms with Crippen molar-refractivity contribution in [1.82, 2.24) is 15.6 Å². The first-order valence-electron chi connectivity index (χ1n) is 8.49. The van der Waals surface area contributed by atoms with Crippen LogP contribution in [0.25, 0.3) is 0 Å². The largest absolute Gasteiger partial charge is 0.493 e. The molecule has 2 N–H and O–H groups in total. The number of hydrogen-bond acceptors (Lipinski definition) is 3. The number of aryl methyl sites for hydroxylation is 1. The molecule has 3 rings (SSSR count). The summed E-state index contributed by atoms with van der Waals surface area (Å²) in [5, 5.41) is 5.85. The minimum atomic E-state index is -0.337. The van der Waals surface area contributed by atoms with Gasteiger partial charge >= 0.3 is 6.03 Å². The molecule has 2 amide bonds. The zero-order valence-electron chi connectivity index (χ0n) is 14.2. The Morgan fingerprint density at radius 1 is 1.40 bits per heavy atom. The third kappa shape index (κ3) is 4.47. The van der Waals surface area contributed by atoms with Crippen molar-refractivity contribution in [3.63, 3.8) is 0 Å². The summed E-state index contributed by atoms with van der Waals surface area (Å²) in [6.07, 6.45) is 5.88. The van der Waals surface area contributed by atoms with Crippen molar-refractivity contribution >= 4 is 6.03 Å². The smallest absolute Gasteiger partial charge is 0.315 e. The Balaban J connectivity index is 1.57. The lowest BCUT2D eigenvalue weighted by atomic mass is 10.0. The SMILES string of the molecule is Cc1cnccc1CCNC(=O)NC1CCCOc2cc(F)ccc21. The van der Waals surface area contributed by atoms with E-state index in [2.05, 4.69) is 15.6 Å². The highest BCUT2D eigenvalue weighted by atomic mass is 19.1. The summed E-state index contributed by atoms with van der Waals surface area (Å²) >= 11 is 0. The van der Waals surface area contributed by atoms with E-state index in [4.69, 9.17) is 4.74 Å². The summed E-state index contributed by atoms with van der Waals surface area (Å²) in [5.41, 5.74) is 3.10. The van der Waals surface area contributed by atoms with Crippen molar-refractivity contribution in [2.45, 2.75) is 32.2 Å². The highest BCUT2D eigenvalue weighted by molar-refractivity contribution is 5.74. The molecule has 6 heteroatoms. The first kappa shape index (κ1) is 17.2. The summed E-state index contributed by atoms with van der Waals surface area (Å²) in [7, 11) is 0. The van der Waals surface area contributed by atoms with Gasteiger partial charge in [-0.2, -0.15) is 0 Å². The predicted octanol–water partition coefficient (Wildman–Crippen LogP) is 3.28. The zero-order valence-corrected chi connectivity index (χ0v) is 14.2. The van der Waals surface area contributed by atoms with E-state index >= 15 is 0 Å². The van der Waals surface area contributed by atoms with Crippen LogP contribution in [0, 0.1) is 12.7 Å². The number of urea groups is 1. The number of nitrogens with one attached hydrogen (secondary N) is 2. The van der Waals surface area contributed by atoms with Crippen molar-refractivity contribution in [3.8, 4) is 5.75 Å². The minimum Gasteiger partial charge on any atom is -0.493 e. The number of carbonyl (C=O) groups is 1. The maximum atomic E-state index is 13.4. The number of carbonyl (C=O) groups excluding carboxylic acids is 1. The number of halogens is 1. The molecule has 2 heterocycles. The Bertz CT molecular complexity index is 751. The van der Waals surface area contributed by atoms with E-state index < -0.39 is 0 Å². The zero-order chi connectivity index (χ0) is 17.6. The Morgan fingerprint density at radius 3 is 3.12 bits per heavy atom. The summed E-state index contributed by atoms with van der Waals surface area (Å²) in [5.74, 6) is 0.173. The average Bonchev–Trinajstić information content (AvgIpc) is 2.78. The van der Waals surface area contributed by atoms with Gasteiger partial charge in [0.1, 0.15) is 11.6 Å². The predicted molar refractivity (Wildman–Crippen MR) is 93.1 cm³/mol. The van der Waals surface area contributed by atoms with Gasteiger partial charge in [-0.05, 0) is 49.4 Å². The number of rotatable bonds is 4. The van der Waals surface area contributed by atoms with Crippen LogP contribution < -0.4 is 15.4 Å². The molecule has 1 aromatic heterocycles. The van der Waals surface area contributed by atoms with Gasteiger partial charge in [-0.15, -0.1) is 0 Å². The molecule has 0 radical (unpaired) electrons. The van der Waals surface area contributed by atoms with E-state index in [9.17, 15) is 9.18 Å². The van der Waals surface area contributed by atoms with Crippen LogP contribution in [-0.2, 0) is 6.42 Å². The lowest BCUT2D eigenvalue weighted by molar-refractivity contribution is 0.236. The number of benzene rings is 1. The topological polar surface area (TPSA) is 63.2 Å². The monoisotopic (exact) mass is 343 g/mol. The third-order valence-corrected chi connectivity index (χ3v) is 4.37. The molecule has 5 nitrogen and oxygen atoms in total. The maximum absolute atomic E-state index is 13.4. The molecule has 0 bridgehead atoms. The van der Waals surface area contributed by atoms with Crippen LogP contribution in [-0.4, -0.2) is 24.2 Å². The molecule has 0 aliphatic carbocycles. The second kappa shape index (κ2) is 7.96. The number of aromatic nitrogens is 1. The van der Waals surface area contributed by atoms with Crippen molar-refractivity contribution in [3.05, 3.63) is 59.2 Å². The molecule has 1 atom stereocenters. The highest BCUT2D eigenvalue weighted by Crippen LogP contribution is 2.31. The summed E-state index contributed by atoms with van der Waals surface area (Å²) < 4.78 is 19.0. The standard InChI is InChI=1S/C19H22FN3O2/c1-13-12-21-8-6-14(13)7-9-22-19(24)23-17-3-2-10-25-18-11-15(20)4-5-16(17)18/h4-6,8,11-12,17H,2-3,7,9-10H2,1H3,(H2,22,23,24). The Hall–Kier alpha value is -2.63. The molecule has 1 aliphatic heterocycles. The molecule has 2 aromatic rings. The Morgan fingerprint density at radius 2 is 2.28 bits per heavy atom. The normalized spacial score (nSPS) is 16.3. The van der Waals surface area contributed by atoms with Gasteiger partial charge in [0, 0.05) is 30.6 Å². The van der Waals surface area contributed by atoms with Gasteiger partial charge in [0.2, 0.25) is 0 Å². The van der Waals surface area contributed by atoms with Gasteiger partial charge in [0.25, 0.3) is 0 Å². The molecule has 0 saturated heterocycles. The molecule has 25 heavy (non-hydrogen) atoms. The fourth-order valence-electron chi connectivity index (χ4n) is 3.00. The molecule has 132 valence electrons. The quantitative estimate of drug-likeness (QED) is 0.895. The minimum absolute atomic E-state index is 0.180. The van der Waals surface area contributed by atoms with Crippen molar-refractivity contribution in [2.75, 3.05) is 13.2 Å². The Kier molecular flexibility index (Phi) is 5.48. The molecule has 1 aliphatic rings. The van der Waals surface area contributed by atoms with E-state index in [0.29, 0.717) is 18.9 Å². The maximum Gasteiger partial charge on any atom is 0.315 e. The molecular formula is C19H22FN3O2. The number of pyridine rings is 1. The fraction of sp³-hybridized carbons (Fsp3) is 0.368. The molecule has 0 saturated carbocycles. The summed E-state index contributed by atoms with van der Waals surface area (Å²) in [6.45, 7) is 3.07. The van der Waals surface area contributed by atoms with E-state index in [0.717, 1.165) is 30.4 Å². The van der Waals surface area contributed by atoms with Crippen LogP contribution in [0.2, 0.25) is 0 Å². The molecule has 0 spiro atoms. The van der Waals surface area contributed by atoms with Crippen molar-refractivity contribution in [2.24, 2.45) is 0 Å². The van der Waals surface area contributed by atoms with Crippen LogP contribution in [0.3, 0.4) is 0 Å². The molecular weight excluding hydrogens is 321 g/mol. The van der Waals surface area contributed by atoms with Crippen LogP contribution in [0.4, 0.5) is 9.18 Å². The average molecular weight is 343 g/mol. The number of ether oxygens (including phenoxy) is 1. The van der Waals surface area contributed by atoms with Crippen molar-refractivity contribution in [1.29, 1.82) is 0 Å². The van der Waals surface area contributed by atoms with E-state index in [1.807, 2.05) is 19.2 Å². The van der Waals surface area contributed by atoms with Crippen LogP contribution >= 0.6 is 0 Å². The van der Waals surface area contributed by atoms with Crippen LogP contribution in [0.5, 0.6) is 5.75 Å². The summed E-state index contributed by atoms with van der Waals surface area (Å²) in [4.78, 5) is 16.3. The molecule has 1 unspecified atom stereocenters. The van der Waals surface area contributed by atoms with Gasteiger partial charge in [-0.3, -0.25) is 4.98 Å². The first-order valence-corrected chi connectivity index (χ1v) is 8.49. The number of hydrogen-bond donors (Lipinski definition) is 2. The Labute approximate surface area is 146 Å².